The number of amides is 1. The van der Waals surface area contributed by atoms with Crippen molar-refractivity contribution in [2.75, 3.05) is 18.9 Å². The lowest BCUT2D eigenvalue weighted by atomic mass is 10.1. The lowest BCUT2D eigenvalue weighted by Gasteiger charge is -2.21. The molecule has 0 radical (unpaired) electrons. The Morgan fingerprint density at radius 1 is 1.42 bits per heavy atom. The summed E-state index contributed by atoms with van der Waals surface area (Å²) in [6.45, 7) is 2.08. The highest BCUT2D eigenvalue weighted by molar-refractivity contribution is 5.97. The maximum absolute atomic E-state index is 12.4. The third kappa shape index (κ3) is 3.47. The van der Waals surface area contributed by atoms with E-state index in [9.17, 15) is 9.59 Å². The maximum Gasteiger partial charge on any atom is 0.325 e. The molecule has 0 atom stereocenters. The number of nitrogens with two attached hydrogens (primary N) is 1. The Hall–Kier alpha value is -2.04. The van der Waals surface area contributed by atoms with Crippen molar-refractivity contribution >= 4 is 17.6 Å². The molecule has 1 fully saturated rings. The zero-order valence-electron chi connectivity index (χ0n) is 11.0. The predicted molar refractivity (Wildman–Crippen MR) is 71.5 cm³/mol. The van der Waals surface area contributed by atoms with E-state index in [0.717, 1.165) is 12.8 Å². The third-order valence-corrected chi connectivity index (χ3v) is 2.99. The minimum Gasteiger partial charge on any atom is -0.465 e. The number of hydrogen-bond donors (Lipinski definition) is 1. The molecule has 0 unspecified atom stereocenters. The fourth-order valence-corrected chi connectivity index (χ4v) is 1.94. The summed E-state index contributed by atoms with van der Waals surface area (Å²) in [4.78, 5) is 25.5. The van der Waals surface area contributed by atoms with Gasteiger partial charge in [0.25, 0.3) is 5.91 Å². The lowest BCUT2D eigenvalue weighted by molar-refractivity contribution is -0.144. The van der Waals surface area contributed by atoms with Crippen LogP contribution in [-0.2, 0) is 9.53 Å². The van der Waals surface area contributed by atoms with Gasteiger partial charge in [-0.1, -0.05) is 6.07 Å². The number of carbonyl (C=O) groups excluding carboxylic acids is 2. The lowest BCUT2D eigenvalue weighted by Crippen LogP contribution is -2.38. The van der Waals surface area contributed by atoms with Crippen molar-refractivity contribution in [3.63, 3.8) is 0 Å². The first-order valence-corrected chi connectivity index (χ1v) is 6.44. The molecule has 5 heteroatoms. The summed E-state index contributed by atoms with van der Waals surface area (Å²) in [6.07, 6.45) is 1.88. The zero-order chi connectivity index (χ0) is 13.8. The number of carbonyl (C=O) groups is 2. The maximum atomic E-state index is 12.4. The van der Waals surface area contributed by atoms with Crippen molar-refractivity contribution in [1.82, 2.24) is 4.90 Å². The Kier molecular flexibility index (Phi) is 4.04. The molecule has 2 N–H and O–H groups in total. The van der Waals surface area contributed by atoms with Gasteiger partial charge in [-0.15, -0.1) is 0 Å². The highest BCUT2D eigenvalue weighted by atomic mass is 16.5. The number of hydrogen-bond acceptors (Lipinski definition) is 4. The normalized spacial score (nSPS) is 13.9. The Morgan fingerprint density at radius 3 is 2.74 bits per heavy atom. The van der Waals surface area contributed by atoms with E-state index < -0.39 is 0 Å². The van der Waals surface area contributed by atoms with E-state index in [2.05, 4.69) is 0 Å². The summed E-state index contributed by atoms with van der Waals surface area (Å²) in [5, 5.41) is 0. The summed E-state index contributed by atoms with van der Waals surface area (Å²) in [7, 11) is 0. The summed E-state index contributed by atoms with van der Waals surface area (Å²) >= 11 is 0. The van der Waals surface area contributed by atoms with Gasteiger partial charge in [0.2, 0.25) is 0 Å². The van der Waals surface area contributed by atoms with Gasteiger partial charge in [-0.3, -0.25) is 9.59 Å². The molecule has 0 aromatic heterocycles. The van der Waals surface area contributed by atoms with Crippen LogP contribution in [0.15, 0.2) is 24.3 Å². The standard InChI is InChI=1S/C14H18N2O3/c1-2-19-13(17)9-16(12-6-7-12)14(18)10-4-3-5-11(15)8-10/h3-5,8,12H,2,6-7,9,15H2,1H3. The highest BCUT2D eigenvalue weighted by Gasteiger charge is 2.34. The van der Waals surface area contributed by atoms with Crippen molar-refractivity contribution in [2.45, 2.75) is 25.8 Å². The van der Waals surface area contributed by atoms with Crippen LogP contribution in [0.5, 0.6) is 0 Å². The molecular formula is C14H18N2O3. The molecular weight excluding hydrogens is 244 g/mol. The van der Waals surface area contributed by atoms with E-state index in [-0.39, 0.29) is 24.5 Å². The monoisotopic (exact) mass is 262 g/mol. The average molecular weight is 262 g/mol. The van der Waals surface area contributed by atoms with E-state index in [1.165, 1.54) is 0 Å². The highest BCUT2D eigenvalue weighted by Crippen LogP contribution is 2.28. The fraction of sp³-hybridized carbons (Fsp3) is 0.429. The number of rotatable bonds is 5. The largest absolute Gasteiger partial charge is 0.465 e. The van der Waals surface area contributed by atoms with Crippen molar-refractivity contribution in [3.05, 3.63) is 29.8 Å². The molecule has 1 aromatic carbocycles. The third-order valence-electron chi connectivity index (χ3n) is 2.99. The van der Waals surface area contributed by atoms with Gasteiger partial charge >= 0.3 is 5.97 Å². The molecule has 0 aliphatic heterocycles. The van der Waals surface area contributed by atoms with Crippen molar-refractivity contribution in [1.29, 1.82) is 0 Å². The number of nitrogen functional groups attached to an aromatic ring is 1. The minimum atomic E-state index is -0.369. The summed E-state index contributed by atoms with van der Waals surface area (Å²) in [6, 6.07) is 6.95. The molecule has 0 saturated heterocycles. The second-order valence-electron chi connectivity index (χ2n) is 4.59. The van der Waals surface area contributed by atoms with Gasteiger partial charge in [0.15, 0.2) is 0 Å². The van der Waals surface area contributed by atoms with E-state index in [1.807, 2.05) is 0 Å². The number of nitrogens with zero attached hydrogens (tertiary/aromatic N) is 1. The molecule has 2 rings (SSSR count). The number of anilines is 1. The first-order valence-electron chi connectivity index (χ1n) is 6.44. The molecule has 0 heterocycles. The van der Waals surface area contributed by atoms with E-state index >= 15 is 0 Å². The van der Waals surface area contributed by atoms with Gasteiger partial charge in [-0.25, -0.2) is 0 Å². The second kappa shape index (κ2) is 5.73. The molecule has 19 heavy (non-hydrogen) atoms. The molecule has 0 spiro atoms. The SMILES string of the molecule is CCOC(=O)CN(C(=O)c1cccc(N)c1)C1CC1. The molecule has 1 amide bonds. The summed E-state index contributed by atoms with van der Waals surface area (Å²) in [5.41, 5.74) is 6.72. The van der Waals surface area contributed by atoms with Crippen LogP contribution in [-0.4, -0.2) is 36.0 Å². The molecule has 0 bridgehead atoms. The predicted octanol–water partition coefficient (Wildman–Crippen LogP) is 1.44. The summed E-state index contributed by atoms with van der Waals surface area (Å²) < 4.78 is 4.90. The van der Waals surface area contributed by atoms with Gasteiger partial charge in [-0.2, -0.15) is 0 Å². The van der Waals surface area contributed by atoms with Gasteiger partial charge in [-0.05, 0) is 38.0 Å². The van der Waals surface area contributed by atoms with Crippen LogP contribution in [0.3, 0.4) is 0 Å². The smallest absolute Gasteiger partial charge is 0.325 e. The Morgan fingerprint density at radius 2 is 2.16 bits per heavy atom. The fourth-order valence-electron chi connectivity index (χ4n) is 1.94. The van der Waals surface area contributed by atoms with E-state index in [1.54, 1.807) is 36.1 Å². The first kappa shape index (κ1) is 13.4. The van der Waals surface area contributed by atoms with Crippen LogP contribution in [0.4, 0.5) is 5.69 Å². The molecule has 1 aromatic rings. The molecule has 102 valence electrons. The number of esters is 1. The Labute approximate surface area is 112 Å². The average Bonchev–Trinajstić information content (AvgIpc) is 3.20. The zero-order valence-corrected chi connectivity index (χ0v) is 11.0. The van der Waals surface area contributed by atoms with Crippen LogP contribution >= 0.6 is 0 Å². The Bertz CT molecular complexity index is 483. The number of benzene rings is 1. The van der Waals surface area contributed by atoms with Crippen LogP contribution in [0.25, 0.3) is 0 Å². The van der Waals surface area contributed by atoms with Gasteiger partial charge in [0.05, 0.1) is 6.61 Å². The number of ether oxygens (including phenoxy) is 1. The molecule has 1 aliphatic carbocycles. The van der Waals surface area contributed by atoms with Crippen molar-refractivity contribution < 1.29 is 14.3 Å². The summed E-state index contributed by atoms with van der Waals surface area (Å²) in [5.74, 6) is -0.533. The van der Waals surface area contributed by atoms with E-state index in [4.69, 9.17) is 10.5 Å². The molecule has 1 saturated carbocycles. The van der Waals surface area contributed by atoms with Crippen molar-refractivity contribution in [3.8, 4) is 0 Å². The first-order chi connectivity index (χ1) is 9.11. The van der Waals surface area contributed by atoms with E-state index in [0.29, 0.717) is 17.9 Å². The molecule has 5 nitrogen and oxygen atoms in total. The van der Waals surface area contributed by atoms with Gasteiger partial charge in [0, 0.05) is 17.3 Å². The van der Waals surface area contributed by atoms with Crippen LogP contribution in [0.2, 0.25) is 0 Å². The minimum absolute atomic E-state index is 0.00609. The topological polar surface area (TPSA) is 72.6 Å². The van der Waals surface area contributed by atoms with Crippen LogP contribution < -0.4 is 5.73 Å². The van der Waals surface area contributed by atoms with Crippen LogP contribution in [0, 0.1) is 0 Å². The molecule has 1 aliphatic rings. The van der Waals surface area contributed by atoms with Crippen LogP contribution in [0.1, 0.15) is 30.1 Å². The van der Waals surface area contributed by atoms with Gasteiger partial charge in [0.1, 0.15) is 6.54 Å². The van der Waals surface area contributed by atoms with Gasteiger partial charge < -0.3 is 15.4 Å². The van der Waals surface area contributed by atoms with Crippen molar-refractivity contribution in [2.24, 2.45) is 0 Å². The second-order valence-corrected chi connectivity index (χ2v) is 4.59. The Balaban J connectivity index is 2.10. The quantitative estimate of drug-likeness (QED) is 0.643.